The first-order chi connectivity index (χ1) is 10.8. The van der Waals surface area contributed by atoms with Gasteiger partial charge in [-0.2, -0.15) is 0 Å². The highest BCUT2D eigenvalue weighted by atomic mass is 32.1. The van der Waals surface area contributed by atoms with Gasteiger partial charge in [-0.3, -0.25) is 4.79 Å². The number of aromatic nitrogens is 1. The highest BCUT2D eigenvalue weighted by Gasteiger charge is 2.08. The van der Waals surface area contributed by atoms with Gasteiger partial charge in [-0.1, -0.05) is 24.3 Å². The van der Waals surface area contributed by atoms with Crippen LogP contribution in [0.25, 0.3) is 21.8 Å². The molecule has 3 rings (SSSR count). The Morgan fingerprint density at radius 3 is 2.77 bits per heavy atom. The van der Waals surface area contributed by atoms with Crippen LogP contribution in [0.4, 0.5) is 5.69 Å². The van der Waals surface area contributed by atoms with Crippen LogP contribution in [0.5, 0.6) is 5.75 Å². The number of carbonyl (C=O) groups is 1. The number of nitrogens with one attached hydrogen (secondary N) is 1. The van der Waals surface area contributed by atoms with Crippen LogP contribution >= 0.6 is 11.3 Å². The molecule has 1 heterocycles. The van der Waals surface area contributed by atoms with E-state index < -0.39 is 0 Å². The van der Waals surface area contributed by atoms with Crippen molar-refractivity contribution in [3.05, 3.63) is 53.9 Å². The van der Waals surface area contributed by atoms with E-state index in [1.807, 2.05) is 53.9 Å². The summed E-state index contributed by atoms with van der Waals surface area (Å²) in [6.45, 7) is 0. The minimum absolute atomic E-state index is 0.669. The Morgan fingerprint density at radius 2 is 1.95 bits per heavy atom. The molecule has 0 radical (unpaired) electrons. The molecule has 0 spiro atoms. The molecule has 0 saturated carbocycles. The van der Waals surface area contributed by atoms with E-state index in [1.54, 1.807) is 18.4 Å². The molecule has 0 unspecified atom stereocenters. The first kappa shape index (κ1) is 14.3. The number of benzene rings is 2. The Bertz CT molecular complexity index is 799. The number of hydrogen-bond acceptors (Lipinski definition) is 4. The maximum absolute atomic E-state index is 10.5. The zero-order chi connectivity index (χ0) is 15.4. The van der Waals surface area contributed by atoms with E-state index in [1.165, 1.54) is 0 Å². The summed E-state index contributed by atoms with van der Waals surface area (Å²) < 4.78 is 5.24. The smallest absolute Gasteiger partial charge is 0.211 e. The Labute approximate surface area is 132 Å². The maximum Gasteiger partial charge on any atom is 0.211 e. The lowest BCUT2D eigenvalue weighted by atomic mass is 10.1. The lowest BCUT2D eigenvalue weighted by Crippen LogP contribution is -1.93. The second-order valence-electron chi connectivity index (χ2n) is 4.61. The molecule has 0 bridgehead atoms. The van der Waals surface area contributed by atoms with Crippen LogP contribution in [0.2, 0.25) is 0 Å². The Balaban J connectivity index is 1.93. The number of ether oxygens (including phenoxy) is 1. The van der Waals surface area contributed by atoms with E-state index in [-0.39, 0.29) is 0 Å². The van der Waals surface area contributed by atoms with E-state index in [0.29, 0.717) is 6.41 Å². The van der Waals surface area contributed by atoms with Gasteiger partial charge >= 0.3 is 0 Å². The molecule has 22 heavy (non-hydrogen) atoms. The van der Waals surface area contributed by atoms with Crippen molar-refractivity contribution in [3.8, 4) is 27.6 Å². The van der Waals surface area contributed by atoms with Crippen LogP contribution < -0.4 is 10.1 Å². The van der Waals surface area contributed by atoms with Crippen molar-refractivity contribution >= 4 is 23.4 Å². The van der Waals surface area contributed by atoms with Crippen molar-refractivity contribution in [2.75, 3.05) is 12.4 Å². The number of carbonyl (C=O) groups excluding carboxylic acids is 1. The molecule has 1 amide bonds. The molecule has 0 fully saturated rings. The summed E-state index contributed by atoms with van der Waals surface area (Å²) in [5.41, 5.74) is 3.66. The fourth-order valence-electron chi connectivity index (χ4n) is 2.13. The second kappa shape index (κ2) is 6.41. The molecule has 5 heteroatoms. The molecule has 0 saturated heterocycles. The fraction of sp³-hybridized carbons (Fsp3) is 0.0588. The third-order valence-corrected chi connectivity index (χ3v) is 4.10. The summed E-state index contributed by atoms with van der Waals surface area (Å²) >= 11 is 1.57. The summed E-state index contributed by atoms with van der Waals surface area (Å²) in [7, 11) is 1.65. The molecule has 1 N–H and O–H groups in total. The van der Waals surface area contributed by atoms with Crippen LogP contribution in [0, 0.1) is 0 Å². The van der Waals surface area contributed by atoms with E-state index >= 15 is 0 Å². The fourth-order valence-corrected chi connectivity index (χ4v) is 2.96. The Morgan fingerprint density at radius 1 is 1.14 bits per heavy atom. The van der Waals surface area contributed by atoms with Crippen LogP contribution in [0.1, 0.15) is 0 Å². The monoisotopic (exact) mass is 310 g/mol. The Kier molecular flexibility index (Phi) is 4.16. The van der Waals surface area contributed by atoms with Gasteiger partial charge in [0.2, 0.25) is 6.41 Å². The molecule has 1 aromatic heterocycles. The van der Waals surface area contributed by atoms with Crippen molar-refractivity contribution in [3.63, 3.8) is 0 Å². The van der Waals surface area contributed by atoms with Crippen molar-refractivity contribution < 1.29 is 9.53 Å². The molecule has 4 nitrogen and oxygen atoms in total. The molecule has 2 aromatic carbocycles. The molecule has 3 aromatic rings. The molecule has 0 atom stereocenters. The minimum Gasteiger partial charge on any atom is -0.497 e. The normalized spacial score (nSPS) is 10.2. The van der Waals surface area contributed by atoms with Crippen molar-refractivity contribution in [2.45, 2.75) is 0 Å². The SMILES string of the molecule is COc1cccc(-c2csc(-c3cccc(NC=O)c3)n2)c1. The number of amides is 1. The number of hydrogen-bond donors (Lipinski definition) is 1. The van der Waals surface area contributed by atoms with Gasteiger partial charge in [0.15, 0.2) is 0 Å². The van der Waals surface area contributed by atoms with Gasteiger partial charge in [-0.05, 0) is 24.3 Å². The third kappa shape index (κ3) is 2.99. The number of rotatable bonds is 5. The van der Waals surface area contributed by atoms with Crippen LogP contribution in [0.15, 0.2) is 53.9 Å². The topological polar surface area (TPSA) is 51.2 Å². The van der Waals surface area contributed by atoms with Crippen LogP contribution in [0.3, 0.4) is 0 Å². The first-order valence-electron chi connectivity index (χ1n) is 6.71. The summed E-state index contributed by atoms with van der Waals surface area (Å²) in [6.07, 6.45) is 0.669. The van der Waals surface area contributed by atoms with Gasteiger partial charge in [0.25, 0.3) is 0 Å². The average molecular weight is 310 g/mol. The zero-order valence-electron chi connectivity index (χ0n) is 11.9. The highest BCUT2D eigenvalue weighted by molar-refractivity contribution is 7.13. The lowest BCUT2D eigenvalue weighted by molar-refractivity contribution is -0.105. The largest absolute Gasteiger partial charge is 0.497 e. The summed E-state index contributed by atoms with van der Waals surface area (Å²) in [5.74, 6) is 0.809. The van der Waals surface area contributed by atoms with Gasteiger partial charge in [-0.15, -0.1) is 11.3 Å². The number of nitrogens with zero attached hydrogens (tertiary/aromatic N) is 1. The predicted molar refractivity (Wildman–Crippen MR) is 89.2 cm³/mol. The lowest BCUT2D eigenvalue weighted by Gasteiger charge is -2.02. The first-order valence-corrected chi connectivity index (χ1v) is 7.58. The highest BCUT2D eigenvalue weighted by Crippen LogP contribution is 2.31. The predicted octanol–water partition coefficient (Wildman–Crippen LogP) is 4.05. The third-order valence-electron chi connectivity index (χ3n) is 3.20. The number of methoxy groups -OCH3 is 1. The quantitative estimate of drug-likeness (QED) is 0.723. The summed E-state index contributed by atoms with van der Waals surface area (Å²) in [4.78, 5) is 15.2. The molecule has 0 aliphatic carbocycles. The molecule has 110 valence electrons. The van der Waals surface area contributed by atoms with Crippen molar-refractivity contribution in [1.82, 2.24) is 4.98 Å². The van der Waals surface area contributed by atoms with Gasteiger partial charge in [-0.25, -0.2) is 4.98 Å². The summed E-state index contributed by atoms with van der Waals surface area (Å²) in [6, 6.07) is 15.4. The van der Waals surface area contributed by atoms with E-state index in [4.69, 9.17) is 4.74 Å². The van der Waals surface area contributed by atoms with E-state index in [0.717, 1.165) is 33.3 Å². The van der Waals surface area contributed by atoms with Crippen LogP contribution in [-0.2, 0) is 4.79 Å². The Hall–Kier alpha value is -2.66. The van der Waals surface area contributed by atoms with Crippen LogP contribution in [-0.4, -0.2) is 18.5 Å². The van der Waals surface area contributed by atoms with Gasteiger partial charge in [0.05, 0.1) is 12.8 Å². The minimum atomic E-state index is 0.669. The molecular formula is C17H14N2O2S. The average Bonchev–Trinajstić information content (AvgIpc) is 3.06. The zero-order valence-corrected chi connectivity index (χ0v) is 12.8. The van der Waals surface area contributed by atoms with E-state index in [9.17, 15) is 4.79 Å². The van der Waals surface area contributed by atoms with Crippen molar-refractivity contribution in [2.24, 2.45) is 0 Å². The van der Waals surface area contributed by atoms with Gasteiger partial charge < -0.3 is 10.1 Å². The molecule has 0 aliphatic heterocycles. The van der Waals surface area contributed by atoms with E-state index in [2.05, 4.69) is 10.3 Å². The standard InChI is InChI=1S/C17H14N2O2S/c1-21-15-7-3-4-12(9-15)16-10-22-17(19-16)13-5-2-6-14(8-13)18-11-20/h2-11H,1H3,(H,18,20). The molecular weight excluding hydrogens is 296 g/mol. The number of anilines is 1. The van der Waals surface area contributed by atoms with Crippen molar-refractivity contribution in [1.29, 1.82) is 0 Å². The number of thiazole rings is 1. The van der Waals surface area contributed by atoms with Gasteiger partial charge in [0.1, 0.15) is 10.8 Å². The van der Waals surface area contributed by atoms with Gasteiger partial charge in [0, 0.05) is 22.2 Å². The summed E-state index contributed by atoms with van der Waals surface area (Å²) in [5, 5.41) is 5.58. The maximum atomic E-state index is 10.5. The second-order valence-corrected chi connectivity index (χ2v) is 5.47. The molecule has 0 aliphatic rings.